The summed E-state index contributed by atoms with van der Waals surface area (Å²) in [5.74, 6) is -4.75. The van der Waals surface area contributed by atoms with Gasteiger partial charge in [0, 0.05) is 0 Å². The number of rotatable bonds is 6. The van der Waals surface area contributed by atoms with Gasteiger partial charge in [0.1, 0.15) is 0 Å². The summed E-state index contributed by atoms with van der Waals surface area (Å²) in [6.45, 7) is 4.25. The fraction of sp³-hybridized carbons (Fsp3) is 0.900. The SMILES string of the molecule is CCC(C)(C)C(=O)OCCC(F)(F)C(F)F. The fourth-order valence-corrected chi connectivity index (χ4v) is 0.729. The van der Waals surface area contributed by atoms with Crippen LogP contribution in [0.1, 0.15) is 33.6 Å². The molecule has 0 aliphatic rings. The molecule has 0 saturated heterocycles. The standard InChI is InChI=1S/C10H16F4O2/c1-4-9(2,3)8(15)16-6-5-10(13,14)7(11)12/h7H,4-6H2,1-3H3. The van der Waals surface area contributed by atoms with Gasteiger partial charge in [0.05, 0.1) is 18.4 Å². The number of ether oxygens (including phenoxy) is 1. The van der Waals surface area contributed by atoms with E-state index in [-0.39, 0.29) is 0 Å². The number of carbonyl (C=O) groups is 1. The zero-order chi connectivity index (χ0) is 13.0. The molecule has 0 aliphatic heterocycles. The summed E-state index contributed by atoms with van der Waals surface area (Å²) in [4.78, 5) is 11.3. The van der Waals surface area contributed by atoms with Gasteiger partial charge in [0.25, 0.3) is 0 Å². The third kappa shape index (κ3) is 4.37. The van der Waals surface area contributed by atoms with E-state index in [0.29, 0.717) is 6.42 Å². The molecule has 0 saturated carbocycles. The first-order chi connectivity index (χ1) is 7.13. The summed E-state index contributed by atoms with van der Waals surface area (Å²) >= 11 is 0. The minimum absolute atomic E-state index is 0.483. The zero-order valence-electron chi connectivity index (χ0n) is 9.53. The summed E-state index contributed by atoms with van der Waals surface area (Å²) in [6.07, 6.45) is -4.40. The van der Waals surface area contributed by atoms with Crippen LogP contribution in [0.15, 0.2) is 0 Å². The van der Waals surface area contributed by atoms with Crippen LogP contribution in [0.25, 0.3) is 0 Å². The van der Waals surface area contributed by atoms with Crippen LogP contribution >= 0.6 is 0 Å². The Kier molecular flexibility index (Phi) is 5.22. The van der Waals surface area contributed by atoms with Gasteiger partial charge < -0.3 is 4.74 Å². The van der Waals surface area contributed by atoms with Crippen LogP contribution in [0.3, 0.4) is 0 Å². The number of hydrogen-bond donors (Lipinski definition) is 0. The van der Waals surface area contributed by atoms with E-state index in [1.54, 1.807) is 20.8 Å². The minimum Gasteiger partial charge on any atom is -0.465 e. The lowest BCUT2D eigenvalue weighted by atomic mass is 9.91. The molecule has 0 aromatic rings. The molecule has 0 heterocycles. The average molecular weight is 244 g/mol. The van der Waals surface area contributed by atoms with E-state index >= 15 is 0 Å². The molecule has 0 amide bonds. The highest BCUT2D eigenvalue weighted by atomic mass is 19.3. The molecule has 96 valence electrons. The number of hydrogen-bond acceptors (Lipinski definition) is 2. The highest BCUT2D eigenvalue weighted by molar-refractivity contribution is 5.75. The number of alkyl halides is 4. The van der Waals surface area contributed by atoms with Gasteiger partial charge in [0.2, 0.25) is 0 Å². The zero-order valence-corrected chi connectivity index (χ0v) is 9.53. The molecule has 0 unspecified atom stereocenters. The maximum atomic E-state index is 12.4. The molecule has 16 heavy (non-hydrogen) atoms. The highest BCUT2D eigenvalue weighted by Gasteiger charge is 2.40. The third-order valence-electron chi connectivity index (χ3n) is 2.42. The molecule has 0 aromatic heterocycles. The van der Waals surface area contributed by atoms with E-state index in [4.69, 9.17) is 0 Å². The van der Waals surface area contributed by atoms with Crippen molar-refractivity contribution < 1.29 is 27.1 Å². The Labute approximate surface area is 92.0 Å². The molecule has 0 fully saturated rings. The molecule has 0 atom stereocenters. The number of carbonyl (C=O) groups excluding carboxylic acids is 1. The van der Waals surface area contributed by atoms with Crippen molar-refractivity contribution >= 4 is 5.97 Å². The molecule has 0 aliphatic carbocycles. The van der Waals surface area contributed by atoms with Crippen molar-refractivity contribution in [3.05, 3.63) is 0 Å². The molecular formula is C10H16F4O2. The van der Waals surface area contributed by atoms with Gasteiger partial charge in [-0.3, -0.25) is 4.79 Å². The smallest absolute Gasteiger partial charge is 0.311 e. The summed E-state index contributed by atoms with van der Waals surface area (Å²) in [7, 11) is 0. The Bertz CT molecular complexity index is 239. The quantitative estimate of drug-likeness (QED) is 0.529. The lowest BCUT2D eigenvalue weighted by Crippen LogP contribution is -2.31. The van der Waals surface area contributed by atoms with E-state index < -0.39 is 36.8 Å². The van der Waals surface area contributed by atoms with E-state index in [2.05, 4.69) is 4.74 Å². The predicted molar refractivity (Wildman–Crippen MR) is 50.6 cm³/mol. The second kappa shape index (κ2) is 5.50. The van der Waals surface area contributed by atoms with Gasteiger partial charge in [-0.15, -0.1) is 0 Å². The van der Waals surface area contributed by atoms with Crippen LogP contribution in [0.2, 0.25) is 0 Å². The van der Waals surface area contributed by atoms with E-state index in [0.717, 1.165) is 0 Å². The Morgan fingerprint density at radius 2 is 1.81 bits per heavy atom. The van der Waals surface area contributed by atoms with Crippen molar-refractivity contribution in [1.29, 1.82) is 0 Å². The Balaban J connectivity index is 4.05. The minimum atomic E-state index is -4.10. The molecular weight excluding hydrogens is 228 g/mol. The lowest BCUT2D eigenvalue weighted by Gasteiger charge is -2.21. The maximum Gasteiger partial charge on any atom is 0.311 e. The molecule has 2 nitrogen and oxygen atoms in total. The van der Waals surface area contributed by atoms with Crippen LogP contribution in [0.5, 0.6) is 0 Å². The predicted octanol–water partition coefficient (Wildman–Crippen LogP) is 3.26. The van der Waals surface area contributed by atoms with Gasteiger partial charge in [-0.05, 0) is 20.3 Å². The Hall–Kier alpha value is -0.810. The third-order valence-corrected chi connectivity index (χ3v) is 2.42. The van der Waals surface area contributed by atoms with Crippen LogP contribution < -0.4 is 0 Å². The van der Waals surface area contributed by atoms with Crippen LogP contribution in [0, 0.1) is 5.41 Å². The van der Waals surface area contributed by atoms with Gasteiger partial charge in [-0.25, -0.2) is 17.6 Å². The van der Waals surface area contributed by atoms with Crippen molar-refractivity contribution in [2.24, 2.45) is 5.41 Å². The topological polar surface area (TPSA) is 26.3 Å². The largest absolute Gasteiger partial charge is 0.465 e. The monoisotopic (exact) mass is 244 g/mol. The second-order valence-electron chi connectivity index (χ2n) is 4.19. The normalized spacial score (nSPS) is 13.0. The molecule has 0 spiro atoms. The van der Waals surface area contributed by atoms with Crippen LogP contribution in [-0.2, 0) is 9.53 Å². The first-order valence-corrected chi connectivity index (χ1v) is 4.96. The van der Waals surface area contributed by atoms with Gasteiger partial charge >= 0.3 is 18.3 Å². The van der Waals surface area contributed by atoms with Gasteiger partial charge in [-0.2, -0.15) is 0 Å². The molecule has 0 N–H and O–H groups in total. The summed E-state index contributed by atoms with van der Waals surface area (Å²) in [5.41, 5.74) is -0.778. The van der Waals surface area contributed by atoms with Crippen molar-refractivity contribution in [2.75, 3.05) is 6.61 Å². The summed E-state index contributed by atoms with van der Waals surface area (Å²) < 4.78 is 52.9. The second-order valence-corrected chi connectivity index (χ2v) is 4.19. The number of halogens is 4. The molecule has 0 radical (unpaired) electrons. The van der Waals surface area contributed by atoms with Gasteiger partial charge in [0.15, 0.2) is 0 Å². The molecule has 0 rings (SSSR count). The van der Waals surface area contributed by atoms with Crippen molar-refractivity contribution in [1.82, 2.24) is 0 Å². The van der Waals surface area contributed by atoms with E-state index in [1.807, 2.05) is 0 Å². The van der Waals surface area contributed by atoms with Crippen LogP contribution in [-0.4, -0.2) is 24.9 Å². The van der Waals surface area contributed by atoms with Crippen molar-refractivity contribution in [3.8, 4) is 0 Å². The number of esters is 1. The van der Waals surface area contributed by atoms with Crippen molar-refractivity contribution in [3.63, 3.8) is 0 Å². The van der Waals surface area contributed by atoms with E-state index in [1.165, 1.54) is 0 Å². The van der Waals surface area contributed by atoms with Gasteiger partial charge in [-0.1, -0.05) is 6.92 Å². The summed E-state index contributed by atoms with van der Waals surface area (Å²) in [6, 6.07) is 0. The van der Waals surface area contributed by atoms with Crippen molar-refractivity contribution in [2.45, 2.75) is 46.0 Å². The summed E-state index contributed by atoms with van der Waals surface area (Å²) in [5, 5.41) is 0. The molecule has 0 aromatic carbocycles. The first kappa shape index (κ1) is 15.2. The Morgan fingerprint density at radius 3 is 2.19 bits per heavy atom. The molecule has 0 bridgehead atoms. The lowest BCUT2D eigenvalue weighted by molar-refractivity contribution is -0.164. The van der Waals surface area contributed by atoms with E-state index in [9.17, 15) is 22.4 Å². The average Bonchev–Trinajstić information content (AvgIpc) is 2.17. The highest BCUT2D eigenvalue weighted by Crippen LogP contribution is 2.27. The fourth-order valence-electron chi connectivity index (χ4n) is 0.729. The van der Waals surface area contributed by atoms with Crippen LogP contribution in [0.4, 0.5) is 17.6 Å². The Morgan fingerprint density at radius 1 is 1.31 bits per heavy atom. The maximum absolute atomic E-state index is 12.4. The first-order valence-electron chi connectivity index (χ1n) is 4.96. The molecule has 6 heteroatoms.